The van der Waals surface area contributed by atoms with Gasteiger partial charge in [0.2, 0.25) is 0 Å². The number of anilines is 1. The molecule has 88 valence electrons. The number of rotatable bonds is 3. The minimum Gasteiger partial charge on any atom is -0.379 e. The van der Waals surface area contributed by atoms with E-state index in [0.29, 0.717) is 11.0 Å². The summed E-state index contributed by atoms with van der Waals surface area (Å²) in [5, 5.41) is 3.18. The van der Waals surface area contributed by atoms with E-state index < -0.39 is 0 Å². The SMILES string of the molecule is Fc1cc(CNc2cccnc2Br)ccc1Br. The van der Waals surface area contributed by atoms with Crippen LogP contribution in [0.4, 0.5) is 10.1 Å². The zero-order chi connectivity index (χ0) is 12.3. The Bertz CT molecular complexity index is 532. The van der Waals surface area contributed by atoms with E-state index in [1.165, 1.54) is 6.07 Å². The average Bonchev–Trinajstić information content (AvgIpc) is 2.32. The molecule has 0 saturated heterocycles. The topological polar surface area (TPSA) is 24.9 Å². The van der Waals surface area contributed by atoms with Crippen LogP contribution >= 0.6 is 31.9 Å². The molecular weight excluding hydrogens is 351 g/mol. The summed E-state index contributed by atoms with van der Waals surface area (Å²) in [4.78, 5) is 4.10. The fourth-order valence-corrected chi connectivity index (χ4v) is 2.00. The maximum Gasteiger partial charge on any atom is 0.137 e. The number of nitrogens with one attached hydrogen (secondary N) is 1. The van der Waals surface area contributed by atoms with Crippen LogP contribution in [0.25, 0.3) is 0 Å². The Morgan fingerprint density at radius 1 is 1.24 bits per heavy atom. The van der Waals surface area contributed by atoms with Crippen molar-refractivity contribution >= 4 is 37.5 Å². The zero-order valence-electron chi connectivity index (χ0n) is 8.75. The summed E-state index contributed by atoms with van der Waals surface area (Å²) in [6.45, 7) is 0.550. The molecule has 0 aliphatic carbocycles. The maximum atomic E-state index is 13.3. The van der Waals surface area contributed by atoms with E-state index >= 15 is 0 Å². The molecule has 1 aromatic carbocycles. The summed E-state index contributed by atoms with van der Waals surface area (Å²) in [7, 11) is 0. The third-order valence-electron chi connectivity index (χ3n) is 2.23. The Morgan fingerprint density at radius 3 is 2.76 bits per heavy atom. The number of nitrogens with zero attached hydrogens (tertiary/aromatic N) is 1. The fourth-order valence-electron chi connectivity index (χ4n) is 1.36. The molecule has 0 atom stereocenters. The Labute approximate surface area is 116 Å². The number of aromatic nitrogens is 1. The molecule has 17 heavy (non-hydrogen) atoms. The van der Waals surface area contributed by atoms with Gasteiger partial charge in [-0.15, -0.1) is 0 Å². The lowest BCUT2D eigenvalue weighted by Crippen LogP contribution is -2.01. The van der Waals surface area contributed by atoms with Crippen LogP contribution in [-0.4, -0.2) is 4.98 Å². The second-order valence-electron chi connectivity index (χ2n) is 3.44. The highest BCUT2D eigenvalue weighted by molar-refractivity contribution is 9.10. The molecule has 0 bridgehead atoms. The van der Waals surface area contributed by atoms with Crippen molar-refractivity contribution in [2.24, 2.45) is 0 Å². The van der Waals surface area contributed by atoms with Crippen molar-refractivity contribution in [1.82, 2.24) is 4.98 Å². The van der Waals surface area contributed by atoms with Crippen molar-refractivity contribution in [3.05, 3.63) is 57.0 Å². The van der Waals surface area contributed by atoms with E-state index in [4.69, 9.17) is 0 Å². The molecular formula is C12H9Br2FN2. The van der Waals surface area contributed by atoms with Gasteiger partial charge in [-0.05, 0) is 61.7 Å². The lowest BCUT2D eigenvalue weighted by molar-refractivity contribution is 0.619. The summed E-state index contributed by atoms with van der Waals surface area (Å²) in [5.74, 6) is -0.255. The number of pyridine rings is 1. The maximum absolute atomic E-state index is 13.3. The lowest BCUT2D eigenvalue weighted by atomic mass is 10.2. The first kappa shape index (κ1) is 12.5. The Kier molecular flexibility index (Phi) is 4.12. The van der Waals surface area contributed by atoms with Gasteiger partial charge in [-0.3, -0.25) is 0 Å². The van der Waals surface area contributed by atoms with Crippen LogP contribution in [0.1, 0.15) is 5.56 Å². The second-order valence-corrected chi connectivity index (χ2v) is 5.05. The quantitative estimate of drug-likeness (QED) is 0.823. The first-order valence-corrected chi connectivity index (χ1v) is 6.54. The lowest BCUT2D eigenvalue weighted by Gasteiger charge is -2.08. The molecule has 5 heteroatoms. The second kappa shape index (κ2) is 5.60. The number of benzene rings is 1. The Balaban J connectivity index is 2.08. The number of halogens is 3. The van der Waals surface area contributed by atoms with Crippen LogP contribution in [-0.2, 0) is 6.54 Å². The molecule has 0 saturated carbocycles. The molecule has 2 aromatic rings. The molecule has 1 N–H and O–H groups in total. The van der Waals surface area contributed by atoms with E-state index in [2.05, 4.69) is 42.2 Å². The molecule has 2 rings (SSSR count). The van der Waals surface area contributed by atoms with Crippen LogP contribution in [0.2, 0.25) is 0 Å². The van der Waals surface area contributed by atoms with E-state index in [1.54, 1.807) is 12.3 Å². The standard InChI is InChI=1S/C12H9Br2FN2/c13-9-4-3-8(6-10(9)15)7-17-11-2-1-5-16-12(11)14/h1-6,17H,7H2. The van der Waals surface area contributed by atoms with Crippen molar-refractivity contribution < 1.29 is 4.39 Å². The van der Waals surface area contributed by atoms with Gasteiger partial charge < -0.3 is 5.32 Å². The first-order chi connectivity index (χ1) is 8.16. The summed E-state index contributed by atoms with van der Waals surface area (Å²) in [6.07, 6.45) is 1.70. The smallest absolute Gasteiger partial charge is 0.137 e. The van der Waals surface area contributed by atoms with Crippen LogP contribution in [0.15, 0.2) is 45.6 Å². The van der Waals surface area contributed by atoms with Crippen LogP contribution in [0, 0.1) is 5.82 Å². The van der Waals surface area contributed by atoms with Gasteiger partial charge in [-0.2, -0.15) is 0 Å². The van der Waals surface area contributed by atoms with E-state index in [-0.39, 0.29) is 5.82 Å². The normalized spacial score (nSPS) is 10.3. The average molecular weight is 360 g/mol. The van der Waals surface area contributed by atoms with Crippen molar-refractivity contribution in [1.29, 1.82) is 0 Å². The molecule has 0 radical (unpaired) electrons. The first-order valence-electron chi connectivity index (χ1n) is 4.95. The van der Waals surface area contributed by atoms with Crippen molar-refractivity contribution in [3.8, 4) is 0 Å². The molecule has 2 nitrogen and oxygen atoms in total. The third kappa shape index (κ3) is 3.26. The number of hydrogen-bond acceptors (Lipinski definition) is 2. The van der Waals surface area contributed by atoms with Crippen molar-refractivity contribution in [2.75, 3.05) is 5.32 Å². The molecule has 1 heterocycles. The van der Waals surface area contributed by atoms with Gasteiger partial charge in [-0.25, -0.2) is 9.37 Å². The van der Waals surface area contributed by atoms with E-state index in [1.807, 2.05) is 18.2 Å². The highest BCUT2D eigenvalue weighted by Gasteiger charge is 2.02. The molecule has 1 aromatic heterocycles. The van der Waals surface area contributed by atoms with E-state index in [0.717, 1.165) is 15.9 Å². The predicted octanol–water partition coefficient (Wildman–Crippen LogP) is 4.36. The fraction of sp³-hybridized carbons (Fsp3) is 0.0833. The Morgan fingerprint density at radius 2 is 2.06 bits per heavy atom. The molecule has 0 amide bonds. The molecule has 0 unspecified atom stereocenters. The summed E-state index contributed by atoms with van der Waals surface area (Å²) < 4.78 is 14.5. The highest BCUT2D eigenvalue weighted by Crippen LogP contribution is 2.20. The summed E-state index contributed by atoms with van der Waals surface area (Å²) in [5.41, 5.74) is 1.76. The van der Waals surface area contributed by atoms with Crippen LogP contribution < -0.4 is 5.32 Å². The monoisotopic (exact) mass is 358 g/mol. The Hall–Kier alpha value is -0.940. The minimum atomic E-state index is -0.255. The highest BCUT2D eigenvalue weighted by atomic mass is 79.9. The minimum absolute atomic E-state index is 0.255. The van der Waals surface area contributed by atoms with Gasteiger partial charge in [0, 0.05) is 12.7 Å². The van der Waals surface area contributed by atoms with E-state index in [9.17, 15) is 4.39 Å². The molecule has 0 aliphatic rings. The molecule has 0 spiro atoms. The van der Waals surface area contributed by atoms with Crippen molar-refractivity contribution in [2.45, 2.75) is 6.54 Å². The largest absolute Gasteiger partial charge is 0.379 e. The number of hydrogen-bond donors (Lipinski definition) is 1. The van der Waals surface area contributed by atoms with Gasteiger partial charge >= 0.3 is 0 Å². The molecule has 0 fully saturated rings. The van der Waals surface area contributed by atoms with Gasteiger partial charge in [0.1, 0.15) is 10.4 Å². The van der Waals surface area contributed by atoms with Gasteiger partial charge in [0.05, 0.1) is 10.2 Å². The van der Waals surface area contributed by atoms with Gasteiger partial charge in [0.25, 0.3) is 0 Å². The van der Waals surface area contributed by atoms with Crippen LogP contribution in [0.3, 0.4) is 0 Å². The van der Waals surface area contributed by atoms with Gasteiger partial charge in [-0.1, -0.05) is 6.07 Å². The van der Waals surface area contributed by atoms with Gasteiger partial charge in [0.15, 0.2) is 0 Å². The molecule has 0 aliphatic heterocycles. The van der Waals surface area contributed by atoms with Crippen LogP contribution in [0.5, 0.6) is 0 Å². The summed E-state index contributed by atoms with van der Waals surface area (Å²) in [6, 6.07) is 8.82. The van der Waals surface area contributed by atoms with Crippen molar-refractivity contribution in [3.63, 3.8) is 0 Å². The predicted molar refractivity (Wildman–Crippen MR) is 73.4 cm³/mol. The summed E-state index contributed by atoms with van der Waals surface area (Å²) >= 11 is 6.46. The third-order valence-corrected chi connectivity index (χ3v) is 3.50. The zero-order valence-corrected chi connectivity index (χ0v) is 11.9.